The van der Waals surface area contributed by atoms with Crippen molar-refractivity contribution in [3.8, 4) is 5.82 Å². The fourth-order valence-corrected chi connectivity index (χ4v) is 2.60. The zero-order valence-corrected chi connectivity index (χ0v) is 11.8. The molecule has 0 bridgehead atoms. The van der Waals surface area contributed by atoms with Crippen LogP contribution < -0.4 is 5.73 Å². The number of nitrogen functional groups attached to an aromatic ring is 1. The summed E-state index contributed by atoms with van der Waals surface area (Å²) in [6, 6.07) is 3.99. The summed E-state index contributed by atoms with van der Waals surface area (Å²) in [5.74, 6) is 1.08. The van der Waals surface area contributed by atoms with E-state index in [9.17, 15) is 0 Å². The molecule has 0 aliphatic heterocycles. The highest BCUT2D eigenvalue weighted by Crippen LogP contribution is 2.24. The Balaban J connectivity index is 2.13. The van der Waals surface area contributed by atoms with Gasteiger partial charge in [0.15, 0.2) is 5.82 Å². The van der Waals surface area contributed by atoms with Gasteiger partial charge in [0.1, 0.15) is 5.84 Å². The van der Waals surface area contributed by atoms with Gasteiger partial charge in [-0.1, -0.05) is 13.8 Å². The van der Waals surface area contributed by atoms with Crippen LogP contribution in [0.4, 0.5) is 0 Å². The number of nitrogens with zero attached hydrogens (tertiary/aromatic N) is 3. The monoisotopic (exact) mass is 269 g/mol. The second kappa shape index (κ2) is 4.74. The molecular formula is C15H19N5. The van der Waals surface area contributed by atoms with E-state index in [1.165, 1.54) is 5.56 Å². The lowest BCUT2D eigenvalue weighted by Gasteiger charge is -2.10. The third kappa shape index (κ3) is 2.09. The molecule has 0 amide bonds. The van der Waals surface area contributed by atoms with Crippen molar-refractivity contribution in [2.45, 2.75) is 39.0 Å². The molecular weight excluding hydrogens is 250 g/mol. The minimum Gasteiger partial charge on any atom is -0.384 e. The minimum absolute atomic E-state index is 0.0452. The van der Waals surface area contributed by atoms with E-state index in [2.05, 4.69) is 18.9 Å². The van der Waals surface area contributed by atoms with Crippen LogP contribution in [-0.4, -0.2) is 20.6 Å². The molecule has 104 valence electrons. The minimum atomic E-state index is 0.0452. The van der Waals surface area contributed by atoms with E-state index in [0.717, 1.165) is 30.7 Å². The lowest BCUT2D eigenvalue weighted by Crippen LogP contribution is -2.17. The van der Waals surface area contributed by atoms with Crippen LogP contribution in [0, 0.1) is 5.41 Å². The van der Waals surface area contributed by atoms with Gasteiger partial charge in [0.2, 0.25) is 0 Å². The molecule has 0 saturated heterocycles. The van der Waals surface area contributed by atoms with Crippen LogP contribution >= 0.6 is 0 Å². The Kier molecular flexibility index (Phi) is 3.04. The molecule has 0 unspecified atom stereocenters. The Morgan fingerprint density at radius 1 is 1.40 bits per heavy atom. The van der Waals surface area contributed by atoms with Gasteiger partial charge in [-0.25, -0.2) is 9.67 Å². The van der Waals surface area contributed by atoms with Crippen LogP contribution in [0.15, 0.2) is 18.3 Å². The molecule has 20 heavy (non-hydrogen) atoms. The molecule has 3 rings (SSSR count). The van der Waals surface area contributed by atoms with Gasteiger partial charge in [-0.3, -0.25) is 5.41 Å². The van der Waals surface area contributed by atoms with Crippen LogP contribution in [0.3, 0.4) is 0 Å². The maximum atomic E-state index is 7.78. The van der Waals surface area contributed by atoms with Crippen molar-refractivity contribution in [3.63, 3.8) is 0 Å². The standard InChI is InChI=1S/C15H19N5/c1-9(2)12-6-7-20(19-12)15-11(14(16)17)8-10-4-3-5-13(10)18-15/h6-9H,3-5H2,1-2H3,(H3,16,17). The summed E-state index contributed by atoms with van der Waals surface area (Å²) in [5.41, 5.74) is 9.74. The van der Waals surface area contributed by atoms with E-state index in [1.807, 2.05) is 18.3 Å². The SMILES string of the molecule is CC(C)c1ccn(-c2nc3c(cc2C(=N)N)CCC3)n1. The van der Waals surface area contributed by atoms with Gasteiger partial charge in [0.05, 0.1) is 11.3 Å². The number of aryl methyl sites for hydroxylation is 2. The van der Waals surface area contributed by atoms with Crippen LogP contribution in [-0.2, 0) is 12.8 Å². The number of aromatic nitrogens is 3. The molecule has 0 fully saturated rings. The van der Waals surface area contributed by atoms with Crippen molar-refractivity contribution in [1.82, 2.24) is 14.8 Å². The Bertz CT molecular complexity index is 669. The molecule has 1 aliphatic carbocycles. The highest BCUT2D eigenvalue weighted by Gasteiger charge is 2.19. The lowest BCUT2D eigenvalue weighted by atomic mass is 10.1. The predicted octanol–water partition coefficient (Wildman–Crippen LogP) is 2.16. The second-order valence-corrected chi connectivity index (χ2v) is 5.57. The Morgan fingerprint density at radius 2 is 2.20 bits per heavy atom. The molecule has 0 radical (unpaired) electrons. The fraction of sp³-hybridized carbons (Fsp3) is 0.400. The molecule has 2 aromatic heterocycles. The summed E-state index contributed by atoms with van der Waals surface area (Å²) >= 11 is 0. The predicted molar refractivity (Wildman–Crippen MR) is 78.5 cm³/mol. The molecule has 2 aromatic rings. The van der Waals surface area contributed by atoms with Gasteiger partial charge in [-0.05, 0) is 42.9 Å². The number of rotatable bonds is 3. The first kappa shape index (κ1) is 12.8. The van der Waals surface area contributed by atoms with E-state index >= 15 is 0 Å². The molecule has 2 heterocycles. The number of hydrogen-bond donors (Lipinski definition) is 2. The quantitative estimate of drug-likeness (QED) is 0.662. The average molecular weight is 269 g/mol. The van der Waals surface area contributed by atoms with Crippen LogP contribution in [0.5, 0.6) is 0 Å². The number of hydrogen-bond acceptors (Lipinski definition) is 3. The fourth-order valence-electron chi connectivity index (χ4n) is 2.60. The maximum absolute atomic E-state index is 7.78. The van der Waals surface area contributed by atoms with Gasteiger partial charge in [0.25, 0.3) is 0 Å². The van der Waals surface area contributed by atoms with Gasteiger partial charge in [-0.15, -0.1) is 0 Å². The van der Waals surface area contributed by atoms with Crippen LogP contribution in [0.1, 0.15) is 48.7 Å². The number of nitrogens with two attached hydrogens (primary N) is 1. The van der Waals surface area contributed by atoms with E-state index < -0.39 is 0 Å². The van der Waals surface area contributed by atoms with Gasteiger partial charge >= 0.3 is 0 Å². The summed E-state index contributed by atoms with van der Waals surface area (Å²) in [6.07, 6.45) is 5.04. The Morgan fingerprint density at radius 3 is 2.85 bits per heavy atom. The van der Waals surface area contributed by atoms with Crippen LogP contribution in [0.2, 0.25) is 0 Å². The van der Waals surface area contributed by atoms with Crippen molar-refractivity contribution in [3.05, 3.63) is 40.8 Å². The van der Waals surface area contributed by atoms with Crippen molar-refractivity contribution in [1.29, 1.82) is 5.41 Å². The van der Waals surface area contributed by atoms with E-state index in [0.29, 0.717) is 17.3 Å². The van der Waals surface area contributed by atoms with Gasteiger partial charge < -0.3 is 5.73 Å². The molecule has 0 spiro atoms. The smallest absolute Gasteiger partial charge is 0.164 e. The highest BCUT2D eigenvalue weighted by atomic mass is 15.3. The number of amidine groups is 1. The maximum Gasteiger partial charge on any atom is 0.164 e. The van der Waals surface area contributed by atoms with E-state index in [-0.39, 0.29) is 5.84 Å². The highest BCUT2D eigenvalue weighted by molar-refractivity contribution is 5.98. The first-order valence-corrected chi connectivity index (χ1v) is 6.99. The molecule has 3 N–H and O–H groups in total. The van der Waals surface area contributed by atoms with E-state index in [4.69, 9.17) is 16.1 Å². The Labute approximate surface area is 118 Å². The molecule has 0 saturated carbocycles. The third-order valence-corrected chi connectivity index (χ3v) is 3.74. The average Bonchev–Trinajstić information content (AvgIpc) is 3.05. The summed E-state index contributed by atoms with van der Waals surface area (Å²) in [4.78, 5) is 4.70. The van der Waals surface area contributed by atoms with Crippen molar-refractivity contribution >= 4 is 5.84 Å². The Hall–Kier alpha value is -2.17. The number of nitrogens with one attached hydrogen (secondary N) is 1. The van der Waals surface area contributed by atoms with Crippen LogP contribution in [0.25, 0.3) is 5.82 Å². The normalized spacial score (nSPS) is 13.8. The molecule has 5 heteroatoms. The molecule has 0 aromatic carbocycles. The van der Waals surface area contributed by atoms with Crippen molar-refractivity contribution < 1.29 is 0 Å². The molecule has 1 aliphatic rings. The summed E-state index contributed by atoms with van der Waals surface area (Å²) in [7, 11) is 0. The first-order chi connectivity index (χ1) is 9.56. The topological polar surface area (TPSA) is 80.6 Å². The van der Waals surface area contributed by atoms with Crippen molar-refractivity contribution in [2.75, 3.05) is 0 Å². The molecule has 0 atom stereocenters. The largest absolute Gasteiger partial charge is 0.384 e. The summed E-state index contributed by atoms with van der Waals surface area (Å²) < 4.78 is 1.74. The second-order valence-electron chi connectivity index (χ2n) is 5.57. The van der Waals surface area contributed by atoms with Gasteiger partial charge in [-0.2, -0.15) is 5.10 Å². The lowest BCUT2D eigenvalue weighted by molar-refractivity contribution is 0.753. The van der Waals surface area contributed by atoms with Crippen molar-refractivity contribution in [2.24, 2.45) is 5.73 Å². The number of fused-ring (bicyclic) bond motifs is 1. The summed E-state index contributed by atoms with van der Waals surface area (Å²) in [6.45, 7) is 4.21. The zero-order valence-electron chi connectivity index (χ0n) is 11.8. The van der Waals surface area contributed by atoms with Gasteiger partial charge in [0, 0.05) is 11.9 Å². The summed E-state index contributed by atoms with van der Waals surface area (Å²) in [5, 5.41) is 12.3. The van der Waals surface area contributed by atoms with E-state index in [1.54, 1.807) is 4.68 Å². The zero-order chi connectivity index (χ0) is 14.3. The molecule has 5 nitrogen and oxygen atoms in total. The third-order valence-electron chi connectivity index (χ3n) is 3.74. The number of pyridine rings is 1. The first-order valence-electron chi connectivity index (χ1n) is 6.99.